The maximum Gasteiger partial charge on any atom is 0.263 e. The Balaban J connectivity index is 1.60. The molecule has 4 heterocycles. The molecule has 2 aromatic heterocycles. The number of carbonyl (C=O) groups is 1. The minimum atomic E-state index is -0.799. The molecule has 22 heavy (non-hydrogen) atoms. The lowest BCUT2D eigenvalue weighted by Gasteiger charge is -2.14. The fraction of sp³-hybridized carbons (Fsp3) is 0.429. The second kappa shape index (κ2) is 5.28. The van der Waals surface area contributed by atoms with Crippen LogP contribution < -0.4 is 10.2 Å². The van der Waals surface area contributed by atoms with Crippen molar-refractivity contribution in [2.45, 2.75) is 19.0 Å². The van der Waals surface area contributed by atoms with Gasteiger partial charge in [-0.25, -0.2) is 19.3 Å². The summed E-state index contributed by atoms with van der Waals surface area (Å²) in [4.78, 5) is 27.4. The van der Waals surface area contributed by atoms with Crippen LogP contribution in [-0.2, 0) is 6.42 Å². The fourth-order valence-corrected chi connectivity index (χ4v) is 3.69. The van der Waals surface area contributed by atoms with Crippen molar-refractivity contribution >= 4 is 23.2 Å². The summed E-state index contributed by atoms with van der Waals surface area (Å²) >= 11 is 1.36. The molecule has 1 fully saturated rings. The summed E-state index contributed by atoms with van der Waals surface area (Å²) in [6.07, 6.45) is 3.86. The lowest BCUT2D eigenvalue weighted by atomic mass is 10.2. The molecular formula is C14H14FN5OS. The fourth-order valence-electron chi connectivity index (χ4n) is 2.69. The number of hydrogen-bond donors (Lipinski definition) is 1. The van der Waals surface area contributed by atoms with Crippen molar-refractivity contribution in [2.75, 3.05) is 24.5 Å². The van der Waals surface area contributed by atoms with Crippen molar-refractivity contribution in [2.24, 2.45) is 0 Å². The highest BCUT2D eigenvalue weighted by atomic mass is 32.1. The Kier molecular flexibility index (Phi) is 3.25. The first-order chi connectivity index (χ1) is 10.7. The van der Waals surface area contributed by atoms with Crippen LogP contribution >= 0.6 is 11.3 Å². The van der Waals surface area contributed by atoms with Gasteiger partial charge in [-0.15, -0.1) is 11.3 Å². The second-order valence-electron chi connectivity index (χ2n) is 5.40. The van der Waals surface area contributed by atoms with E-state index in [1.54, 1.807) is 12.4 Å². The summed E-state index contributed by atoms with van der Waals surface area (Å²) in [5, 5.41) is 3.56. The average Bonchev–Trinajstić information content (AvgIpc) is 3.15. The molecule has 0 radical (unpaired) electrons. The molecule has 1 amide bonds. The number of anilines is 1. The number of halogens is 1. The number of nitrogens with zero attached hydrogens (tertiary/aromatic N) is 4. The summed E-state index contributed by atoms with van der Waals surface area (Å²) in [7, 11) is 0. The van der Waals surface area contributed by atoms with Crippen LogP contribution in [0.2, 0.25) is 0 Å². The molecule has 8 heteroatoms. The largest absolute Gasteiger partial charge is 0.351 e. The second-order valence-corrected chi connectivity index (χ2v) is 6.40. The molecule has 0 saturated carbocycles. The standard InChI is InChI=1S/C14H14FN5OS/c15-9-2-4-20(7-9)14-17-5-8(6-18-14)13-19-10-1-3-16-12(21)11(10)22-13/h5-6,9H,1-4,7H2,(H,16,21). The molecule has 114 valence electrons. The van der Waals surface area contributed by atoms with Crippen LogP contribution in [0.15, 0.2) is 12.4 Å². The zero-order valence-electron chi connectivity index (χ0n) is 11.8. The van der Waals surface area contributed by atoms with E-state index < -0.39 is 6.17 Å². The van der Waals surface area contributed by atoms with E-state index >= 15 is 0 Å². The Hall–Kier alpha value is -2.09. The van der Waals surface area contributed by atoms with Gasteiger partial charge in [-0.1, -0.05) is 0 Å². The highest BCUT2D eigenvalue weighted by Gasteiger charge is 2.25. The lowest BCUT2D eigenvalue weighted by molar-refractivity contribution is 0.0950. The van der Waals surface area contributed by atoms with Crippen LogP contribution in [0, 0.1) is 0 Å². The summed E-state index contributed by atoms with van der Waals surface area (Å²) in [5.41, 5.74) is 1.62. The van der Waals surface area contributed by atoms with Crippen LogP contribution in [0.25, 0.3) is 10.6 Å². The highest BCUT2D eigenvalue weighted by Crippen LogP contribution is 2.29. The van der Waals surface area contributed by atoms with Gasteiger partial charge in [0.25, 0.3) is 5.91 Å². The molecule has 0 aromatic carbocycles. The van der Waals surface area contributed by atoms with E-state index in [0.29, 0.717) is 36.9 Å². The highest BCUT2D eigenvalue weighted by molar-refractivity contribution is 7.17. The van der Waals surface area contributed by atoms with Crippen molar-refractivity contribution in [3.8, 4) is 10.6 Å². The van der Waals surface area contributed by atoms with Crippen molar-refractivity contribution in [3.05, 3.63) is 23.0 Å². The maximum absolute atomic E-state index is 13.2. The molecule has 2 aliphatic heterocycles. The molecule has 1 unspecified atom stereocenters. The van der Waals surface area contributed by atoms with E-state index in [9.17, 15) is 9.18 Å². The first kappa shape index (κ1) is 13.6. The maximum atomic E-state index is 13.2. The third-order valence-electron chi connectivity index (χ3n) is 3.85. The van der Waals surface area contributed by atoms with E-state index in [0.717, 1.165) is 22.7 Å². The molecule has 0 aliphatic carbocycles. The van der Waals surface area contributed by atoms with Crippen molar-refractivity contribution in [3.63, 3.8) is 0 Å². The smallest absolute Gasteiger partial charge is 0.263 e. The van der Waals surface area contributed by atoms with Gasteiger partial charge in [0.05, 0.1) is 12.2 Å². The Labute approximate surface area is 130 Å². The number of hydrogen-bond acceptors (Lipinski definition) is 6. The molecule has 1 saturated heterocycles. The summed E-state index contributed by atoms with van der Waals surface area (Å²) < 4.78 is 13.2. The number of amides is 1. The van der Waals surface area contributed by atoms with Gasteiger partial charge in [-0.05, 0) is 6.42 Å². The van der Waals surface area contributed by atoms with Gasteiger partial charge < -0.3 is 10.2 Å². The first-order valence-corrected chi connectivity index (χ1v) is 8.01. The van der Waals surface area contributed by atoms with E-state index in [4.69, 9.17) is 0 Å². The Bertz CT molecular complexity index is 717. The van der Waals surface area contributed by atoms with Crippen molar-refractivity contribution < 1.29 is 9.18 Å². The molecule has 4 rings (SSSR count). The van der Waals surface area contributed by atoms with Gasteiger partial charge in [0.2, 0.25) is 5.95 Å². The third-order valence-corrected chi connectivity index (χ3v) is 5.00. The van der Waals surface area contributed by atoms with Crippen LogP contribution in [0.5, 0.6) is 0 Å². The van der Waals surface area contributed by atoms with Crippen LogP contribution in [0.4, 0.5) is 10.3 Å². The van der Waals surface area contributed by atoms with E-state index in [-0.39, 0.29) is 5.91 Å². The average molecular weight is 319 g/mol. The monoisotopic (exact) mass is 319 g/mol. The number of fused-ring (bicyclic) bond motifs is 1. The number of thiazole rings is 1. The lowest BCUT2D eigenvalue weighted by Crippen LogP contribution is -2.30. The minimum absolute atomic E-state index is 0.0615. The van der Waals surface area contributed by atoms with Gasteiger partial charge >= 0.3 is 0 Å². The Morgan fingerprint density at radius 1 is 1.36 bits per heavy atom. The van der Waals surface area contributed by atoms with Gasteiger partial charge in [0, 0.05) is 37.5 Å². The summed E-state index contributed by atoms with van der Waals surface area (Å²) in [6, 6.07) is 0. The number of alkyl halides is 1. The van der Waals surface area contributed by atoms with Gasteiger partial charge in [0.1, 0.15) is 16.1 Å². The minimum Gasteiger partial charge on any atom is -0.351 e. The van der Waals surface area contributed by atoms with Crippen molar-refractivity contribution in [1.82, 2.24) is 20.3 Å². The third kappa shape index (κ3) is 2.33. The summed E-state index contributed by atoms with van der Waals surface area (Å²) in [6.45, 7) is 1.63. The van der Waals surface area contributed by atoms with E-state index in [1.807, 2.05) is 4.90 Å². The molecule has 2 aliphatic rings. The zero-order chi connectivity index (χ0) is 15.1. The Morgan fingerprint density at radius 2 is 2.18 bits per heavy atom. The van der Waals surface area contributed by atoms with Crippen LogP contribution in [0.1, 0.15) is 21.8 Å². The van der Waals surface area contributed by atoms with Crippen molar-refractivity contribution in [1.29, 1.82) is 0 Å². The Morgan fingerprint density at radius 3 is 2.86 bits per heavy atom. The molecule has 1 N–H and O–H groups in total. The predicted molar refractivity (Wildman–Crippen MR) is 80.9 cm³/mol. The van der Waals surface area contributed by atoms with Crippen LogP contribution in [0.3, 0.4) is 0 Å². The first-order valence-electron chi connectivity index (χ1n) is 7.20. The summed E-state index contributed by atoms with van der Waals surface area (Å²) in [5.74, 6) is 0.483. The van der Waals surface area contributed by atoms with Gasteiger partial charge in [-0.3, -0.25) is 4.79 Å². The van der Waals surface area contributed by atoms with Gasteiger partial charge in [-0.2, -0.15) is 0 Å². The number of aromatic nitrogens is 3. The quantitative estimate of drug-likeness (QED) is 0.907. The molecule has 2 aromatic rings. The number of carbonyl (C=O) groups excluding carboxylic acids is 1. The molecule has 6 nitrogen and oxygen atoms in total. The molecule has 0 spiro atoms. The zero-order valence-corrected chi connectivity index (χ0v) is 12.6. The number of rotatable bonds is 2. The van der Waals surface area contributed by atoms with Crippen LogP contribution in [-0.4, -0.2) is 46.7 Å². The predicted octanol–water partition coefficient (Wildman–Crippen LogP) is 1.43. The van der Waals surface area contributed by atoms with Gasteiger partial charge in [0.15, 0.2) is 0 Å². The molecular weight excluding hydrogens is 305 g/mol. The van der Waals surface area contributed by atoms with E-state index in [2.05, 4.69) is 20.3 Å². The van der Waals surface area contributed by atoms with E-state index in [1.165, 1.54) is 11.3 Å². The SMILES string of the molecule is O=C1NCCc2nc(-c3cnc(N4CCC(F)C4)nc3)sc21. The molecule has 0 bridgehead atoms. The topological polar surface area (TPSA) is 71.0 Å². The number of nitrogens with one attached hydrogen (secondary N) is 1. The normalized spacial score (nSPS) is 20.9. The molecule has 1 atom stereocenters.